The molecule has 7 nitrogen and oxygen atoms in total. The van der Waals surface area contributed by atoms with Crippen LogP contribution in [0.4, 0.5) is 4.39 Å². The average molecular weight is 580 g/mol. The number of hydrogen-bond donors (Lipinski definition) is 3. The molecule has 2 heterocycles. The Morgan fingerprint density at radius 2 is 1.93 bits per heavy atom. The lowest BCUT2D eigenvalue weighted by molar-refractivity contribution is -0.376. The molecule has 2 aliphatic heterocycles. The van der Waals surface area contributed by atoms with E-state index in [1.807, 2.05) is 31.4 Å². The van der Waals surface area contributed by atoms with Gasteiger partial charge in [-0.15, -0.1) is 0 Å². The van der Waals surface area contributed by atoms with Gasteiger partial charge in [0.1, 0.15) is 29.7 Å². The number of benzene rings is 3. The Balaban J connectivity index is 1.22. The van der Waals surface area contributed by atoms with Crippen molar-refractivity contribution in [1.82, 2.24) is 0 Å². The van der Waals surface area contributed by atoms with Crippen molar-refractivity contribution in [2.75, 3.05) is 18.1 Å². The van der Waals surface area contributed by atoms with Crippen LogP contribution in [0.25, 0.3) is 11.1 Å². The average Bonchev–Trinajstić information content (AvgIpc) is 3.74. The molecule has 41 heavy (non-hydrogen) atoms. The Morgan fingerprint density at radius 1 is 1.12 bits per heavy atom. The summed E-state index contributed by atoms with van der Waals surface area (Å²) < 4.78 is 32.2. The summed E-state index contributed by atoms with van der Waals surface area (Å²) in [6.07, 6.45) is 3.60. The molecular weight excluding hydrogens is 547 g/mol. The minimum absolute atomic E-state index is 0.0948. The molecule has 2 atom stereocenters. The van der Waals surface area contributed by atoms with E-state index in [0.717, 1.165) is 33.6 Å². The van der Waals surface area contributed by atoms with Gasteiger partial charge in [-0.25, -0.2) is 4.39 Å². The third-order valence-corrected chi connectivity index (χ3v) is 9.22. The van der Waals surface area contributed by atoms with Crippen LogP contribution < -0.4 is 14.2 Å². The first kappa shape index (κ1) is 28.0. The van der Waals surface area contributed by atoms with Crippen molar-refractivity contribution in [3.63, 3.8) is 0 Å². The van der Waals surface area contributed by atoms with Crippen molar-refractivity contribution in [2.24, 2.45) is 5.92 Å². The normalized spacial score (nSPS) is 21.1. The Bertz CT molecular complexity index is 1470. The highest BCUT2D eigenvalue weighted by molar-refractivity contribution is 7.99. The van der Waals surface area contributed by atoms with E-state index in [1.165, 1.54) is 6.07 Å². The monoisotopic (exact) mass is 579 g/mol. The van der Waals surface area contributed by atoms with Gasteiger partial charge in [0.25, 0.3) is 0 Å². The number of aryl methyl sites for hydroxylation is 1. The summed E-state index contributed by atoms with van der Waals surface area (Å²) in [7, 11) is 0. The zero-order valence-electron chi connectivity index (χ0n) is 22.7. The quantitative estimate of drug-likeness (QED) is 0.327. The van der Waals surface area contributed by atoms with E-state index in [1.54, 1.807) is 36.0 Å². The number of carbonyl (C=O) groups excluding carboxylic acids is 1. The first-order chi connectivity index (χ1) is 19.7. The van der Waals surface area contributed by atoms with Crippen LogP contribution in [0.2, 0.25) is 0 Å². The third kappa shape index (κ3) is 5.56. The Labute approximate surface area is 242 Å². The fourth-order valence-electron chi connectivity index (χ4n) is 5.75. The van der Waals surface area contributed by atoms with Gasteiger partial charge in [0.15, 0.2) is 5.60 Å². The third-order valence-electron chi connectivity index (χ3n) is 8.24. The van der Waals surface area contributed by atoms with Gasteiger partial charge >= 0.3 is 5.97 Å². The highest BCUT2D eigenvalue weighted by Gasteiger charge is 2.52. The van der Waals surface area contributed by atoms with Crippen LogP contribution in [0.5, 0.6) is 17.2 Å². The number of aliphatic hydroxyl groups is 3. The molecule has 9 heteroatoms. The maximum atomic E-state index is 14.6. The number of fused-ring (bicyclic) bond motifs is 3. The molecule has 3 aromatic rings. The predicted molar refractivity (Wildman–Crippen MR) is 152 cm³/mol. The first-order valence-electron chi connectivity index (χ1n) is 13.8. The molecule has 3 aliphatic rings. The van der Waals surface area contributed by atoms with E-state index in [9.17, 15) is 24.5 Å². The predicted octanol–water partition coefficient (Wildman–Crippen LogP) is 4.80. The largest absolute Gasteiger partial charge is 0.493 e. The van der Waals surface area contributed by atoms with Crippen LogP contribution in [-0.4, -0.2) is 51.3 Å². The molecule has 0 amide bonds. The van der Waals surface area contributed by atoms with E-state index in [0.29, 0.717) is 42.3 Å². The van der Waals surface area contributed by atoms with Gasteiger partial charge in [0, 0.05) is 24.0 Å². The lowest BCUT2D eigenvalue weighted by Crippen LogP contribution is -2.59. The molecule has 0 unspecified atom stereocenters. The topological polar surface area (TPSA) is 105 Å². The molecular formula is C32H32FO7S. The van der Waals surface area contributed by atoms with Crippen molar-refractivity contribution < 1.29 is 38.7 Å². The molecule has 2 fully saturated rings. The maximum absolute atomic E-state index is 14.6. The van der Waals surface area contributed by atoms with Gasteiger partial charge in [-0.2, -0.15) is 11.8 Å². The van der Waals surface area contributed by atoms with Gasteiger partial charge in [-0.05, 0) is 102 Å². The van der Waals surface area contributed by atoms with Crippen molar-refractivity contribution in [3.05, 3.63) is 76.6 Å². The number of halogens is 1. The van der Waals surface area contributed by atoms with Crippen LogP contribution in [0.15, 0.2) is 48.5 Å². The van der Waals surface area contributed by atoms with Crippen LogP contribution in [0.3, 0.4) is 0 Å². The molecule has 0 spiro atoms. The second-order valence-electron chi connectivity index (χ2n) is 11.1. The summed E-state index contributed by atoms with van der Waals surface area (Å²) in [5.74, 6) is -0.796. The maximum Gasteiger partial charge on any atom is 0.352 e. The summed E-state index contributed by atoms with van der Waals surface area (Å²) in [6, 6.07) is 14.0. The molecule has 1 saturated heterocycles. The first-order valence-corrected chi connectivity index (χ1v) is 15.0. The van der Waals surface area contributed by atoms with E-state index >= 15 is 0 Å². The van der Waals surface area contributed by atoms with Crippen molar-refractivity contribution >= 4 is 18.0 Å². The van der Waals surface area contributed by atoms with Crippen LogP contribution >= 0.6 is 11.8 Å². The second-order valence-corrected chi connectivity index (χ2v) is 12.3. The van der Waals surface area contributed by atoms with E-state index < -0.39 is 11.6 Å². The molecule has 3 N–H and O–H groups in total. The molecule has 0 bridgehead atoms. The van der Waals surface area contributed by atoms with Crippen LogP contribution in [0.1, 0.15) is 47.4 Å². The van der Waals surface area contributed by atoms with Crippen molar-refractivity contribution in [1.29, 1.82) is 0 Å². The smallest absolute Gasteiger partial charge is 0.352 e. The van der Waals surface area contributed by atoms with Gasteiger partial charge in [-0.1, -0.05) is 12.1 Å². The lowest BCUT2D eigenvalue weighted by atomic mass is 9.91. The minimum atomic E-state index is -2.72. The molecule has 215 valence electrons. The SMILES string of the molecule is Cc1cc(OC(O)(O)C2(O)CCSCC2)cc2c1-c1cc(COc3ccc([C@H]4C[C@@H]4[C]=O)c(F)c3)ccc1OCC2. The number of ether oxygens (including phenoxy) is 3. The summed E-state index contributed by atoms with van der Waals surface area (Å²) >= 11 is 1.66. The highest BCUT2D eigenvalue weighted by Crippen LogP contribution is 2.47. The van der Waals surface area contributed by atoms with Gasteiger partial charge < -0.3 is 29.5 Å². The van der Waals surface area contributed by atoms with Crippen molar-refractivity contribution in [3.8, 4) is 28.4 Å². The minimum Gasteiger partial charge on any atom is -0.493 e. The van der Waals surface area contributed by atoms with E-state index in [2.05, 4.69) is 0 Å². The van der Waals surface area contributed by atoms with Gasteiger partial charge in [0.2, 0.25) is 6.29 Å². The second kappa shape index (κ2) is 10.9. The molecule has 1 aliphatic carbocycles. The standard InChI is InChI=1S/C32H32FO7S/c1-19-12-24(40-32(36,37)31(35)7-10-41-11-8-31)14-21-6-9-38-29-5-2-20(13-27(29)30(19)21)18-39-23-3-4-25(28(33)16-23)26-15-22(26)17-34/h2-5,12-14,16,22,26,35-37H,6-11,15,18H2,1H3/t22-,26+/m1/s1. The fraction of sp³-hybridized carbons (Fsp3) is 0.406. The zero-order chi connectivity index (χ0) is 28.8. The van der Waals surface area contributed by atoms with Gasteiger partial charge in [-0.3, -0.25) is 4.79 Å². The molecule has 1 radical (unpaired) electrons. The zero-order valence-corrected chi connectivity index (χ0v) is 23.5. The summed E-state index contributed by atoms with van der Waals surface area (Å²) in [6.45, 7) is 2.56. The highest BCUT2D eigenvalue weighted by atomic mass is 32.2. The lowest BCUT2D eigenvalue weighted by Gasteiger charge is -2.40. The number of hydrogen-bond acceptors (Lipinski definition) is 8. The summed E-state index contributed by atoms with van der Waals surface area (Å²) in [5.41, 5.74) is 3.24. The Kier molecular flexibility index (Phi) is 7.48. The van der Waals surface area contributed by atoms with Crippen LogP contribution in [-0.2, 0) is 17.8 Å². The fourth-order valence-corrected chi connectivity index (χ4v) is 6.92. The van der Waals surface area contributed by atoms with Gasteiger partial charge in [0.05, 0.1) is 6.61 Å². The summed E-state index contributed by atoms with van der Waals surface area (Å²) in [4.78, 5) is 10.8. The Hall–Kier alpha value is -3.11. The van der Waals surface area contributed by atoms with Crippen LogP contribution in [0, 0.1) is 18.7 Å². The molecule has 6 rings (SSSR count). The van der Waals surface area contributed by atoms with E-state index in [-0.39, 0.29) is 42.9 Å². The number of rotatable bonds is 8. The molecule has 3 aromatic carbocycles. The Morgan fingerprint density at radius 3 is 2.66 bits per heavy atom. The molecule has 1 saturated carbocycles. The van der Waals surface area contributed by atoms with Crippen molar-refractivity contribution in [2.45, 2.75) is 56.7 Å². The summed E-state index contributed by atoms with van der Waals surface area (Å²) in [5, 5.41) is 32.3. The number of thioether (sulfide) groups is 1. The van der Waals surface area contributed by atoms with E-state index in [4.69, 9.17) is 14.2 Å². The molecule has 0 aromatic heterocycles.